The summed E-state index contributed by atoms with van der Waals surface area (Å²) < 4.78 is 10.3. The normalized spacial score (nSPS) is 16.3. The Hall–Kier alpha value is -1.90. The third kappa shape index (κ3) is 7.45. The molecule has 162 valence electrons. The van der Waals surface area contributed by atoms with E-state index >= 15 is 0 Å². The zero-order valence-electron chi connectivity index (χ0n) is 16.7. The summed E-state index contributed by atoms with van der Waals surface area (Å²) in [5.41, 5.74) is 0. The maximum atomic E-state index is 11.6. The van der Waals surface area contributed by atoms with Crippen LogP contribution >= 0.6 is 23.2 Å². The number of ether oxygens (including phenoxy) is 2. The number of carbonyl (C=O) groups is 1. The summed E-state index contributed by atoms with van der Waals surface area (Å²) >= 11 is 12.0. The first kappa shape index (κ1) is 23.4. The number of benzene rings is 1. The van der Waals surface area contributed by atoms with E-state index in [1.807, 2.05) is 6.92 Å². The number of aliphatic hydroxyl groups is 1. The molecule has 2 rings (SSSR count). The average molecular weight is 447 g/mol. The van der Waals surface area contributed by atoms with Crippen LogP contribution in [-0.4, -0.2) is 74.1 Å². The van der Waals surface area contributed by atoms with Crippen LogP contribution in [0, 0.1) is 0 Å². The Balaban J connectivity index is 1.82. The lowest BCUT2D eigenvalue weighted by molar-refractivity contribution is 0.111. The maximum Gasteiger partial charge on any atom is 0.409 e. The van der Waals surface area contributed by atoms with E-state index in [0.717, 1.165) is 12.8 Å². The zero-order chi connectivity index (χ0) is 21.2. The van der Waals surface area contributed by atoms with Crippen molar-refractivity contribution in [2.24, 2.45) is 4.99 Å². The van der Waals surface area contributed by atoms with Crippen LogP contribution in [0.4, 0.5) is 4.79 Å². The van der Waals surface area contributed by atoms with E-state index in [4.69, 9.17) is 32.7 Å². The maximum absolute atomic E-state index is 11.6. The minimum absolute atomic E-state index is 0.0421. The Labute approximate surface area is 181 Å². The van der Waals surface area contributed by atoms with Gasteiger partial charge in [0, 0.05) is 25.7 Å². The molecule has 1 fully saturated rings. The number of hydrogen-bond acceptors (Lipinski definition) is 5. The van der Waals surface area contributed by atoms with Crippen LogP contribution in [0.1, 0.15) is 19.8 Å². The predicted molar refractivity (Wildman–Crippen MR) is 114 cm³/mol. The number of amides is 1. The van der Waals surface area contributed by atoms with Crippen molar-refractivity contribution in [1.82, 2.24) is 15.5 Å². The number of piperidine rings is 1. The van der Waals surface area contributed by atoms with Gasteiger partial charge in [-0.25, -0.2) is 4.79 Å². The van der Waals surface area contributed by atoms with E-state index in [-0.39, 0.29) is 25.3 Å². The molecule has 0 saturated carbocycles. The van der Waals surface area contributed by atoms with E-state index < -0.39 is 6.10 Å². The lowest BCUT2D eigenvalue weighted by atomic mass is 10.1. The van der Waals surface area contributed by atoms with Gasteiger partial charge in [-0.15, -0.1) is 0 Å². The molecule has 0 radical (unpaired) electrons. The van der Waals surface area contributed by atoms with Gasteiger partial charge in [0.1, 0.15) is 23.5 Å². The Kier molecular flexibility index (Phi) is 9.63. The molecule has 8 nitrogen and oxygen atoms in total. The number of methoxy groups -OCH3 is 1. The fraction of sp³-hybridized carbons (Fsp3) is 0.579. The Bertz CT molecular complexity index is 697. The smallest absolute Gasteiger partial charge is 0.409 e. The number of aliphatic imine (C=N–C) groups is 1. The van der Waals surface area contributed by atoms with Crippen molar-refractivity contribution in [3.63, 3.8) is 0 Å². The molecule has 0 bridgehead atoms. The molecule has 1 atom stereocenters. The molecule has 10 heteroatoms. The SMILES string of the molecule is CCNC(=NCC(O)COc1cccc(Cl)c1Cl)NC1CCN(C(=O)OC)CC1. The molecule has 29 heavy (non-hydrogen) atoms. The number of nitrogens with one attached hydrogen (secondary N) is 2. The molecule has 0 spiro atoms. The standard InChI is InChI=1S/C19H28Cl2N4O4/c1-3-22-18(24-13-7-9-25(10-8-13)19(27)28-2)23-11-14(26)12-29-16-6-4-5-15(20)17(16)21/h4-6,13-14,26H,3,7-12H2,1-2H3,(H2,22,23,24). The number of hydrogen-bond donors (Lipinski definition) is 3. The minimum Gasteiger partial charge on any atom is -0.489 e. The highest BCUT2D eigenvalue weighted by atomic mass is 35.5. The second kappa shape index (κ2) is 11.9. The minimum atomic E-state index is -0.804. The number of aliphatic hydroxyl groups excluding tert-OH is 1. The average Bonchev–Trinajstić information content (AvgIpc) is 2.73. The molecule has 0 aromatic heterocycles. The van der Waals surface area contributed by atoms with Crippen LogP contribution in [0.5, 0.6) is 5.75 Å². The molecule has 0 aliphatic carbocycles. The Morgan fingerprint density at radius 3 is 2.76 bits per heavy atom. The number of guanidine groups is 1. The topological polar surface area (TPSA) is 95.4 Å². The Morgan fingerprint density at radius 2 is 2.10 bits per heavy atom. The van der Waals surface area contributed by atoms with Crippen LogP contribution < -0.4 is 15.4 Å². The van der Waals surface area contributed by atoms with Gasteiger partial charge in [0.2, 0.25) is 0 Å². The van der Waals surface area contributed by atoms with E-state index in [1.54, 1.807) is 23.1 Å². The second-order valence-corrected chi connectivity index (χ2v) is 7.40. The molecule has 1 aromatic carbocycles. The third-order valence-corrected chi connectivity index (χ3v) is 5.22. The summed E-state index contributed by atoms with van der Waals surface area (Å²) in [6.45, 7) is 4.12. The molecular weight excluding hydrogens is 419 g/mol. The predicted octanol–water partition coefficient (Wildman–Crippen LogP) is 2.52. The molecule has 1 heterocycles. The molecule has 1 aliphatic heterocycles. The van der Waals surface area contributed by atoms with Gasteiger partial charge in [-0.1, -0.05) is 29.3 Å². The molecule has 1 unspecified atom stereocenters. The summed E-state index contributed by atoms with van der Waals surface area (Å²) in [6, 6.07) is 5.28. The second-order valence-electron chi connectivity index (χ2n) is 6.61. The first-order valence-electron chi connectivity index (χ1n) is 9.57. The highest BCUT2D eigenvalue weighted by Crippen LogP contribution is 2.31. The highest BCUT2D eigenvalue weighted by Gasteiger charge is 2.23. The van der Waals surface area contributed by atoms with Gasteiger partial charge in [0.05, 0.1) is 18.7 Å². The van der Waals surface area contributed by atoms with Gasteiger partial charge in [0.15, 0.2) is 5.96 Å². The van der Waals surface area contributed by atoms with Crippen molar-refractivity contribution in [2.45, 2.75) is 31.9 Å². The molecule has 1 aromatic rings. The summed E-state index contributed by atoms with van der Waals surface area (Å²) in [7, 11) is 1.39. The van der Waals surface area contributed by atoms with Crippen molar-refractivity contribution in [3.8, 4) is 5.75 Å². The summed E-state index contributed by atoms with van der Waals surface area (Å²) in [5.74, 6) is 1.04. The lowest BCUT2D eigenvalue weighted by Gasteiger charge is -2.32. The summed E-state index contributed by atoms with van der Waals surface area (Å²) in [5, 5.41) is 17.4. The number of rotatable bonds is 7. The molecule has 3 N–H and O–H groups in total. The molecule has 1 saturated heterocycles. The van der Waals surface area contributed by atoms with Gasteiger partial charge in [0.25, 0.3) is 0 Å². The number of nitrogens with zero attached hydrogens (tertiary/aromatic N) is 2. The van der Waals surface area contributed by atoms with Crippen LogP contribution in [0.25, 0.3) is 0 Å². The fourth-order valence-corrected chi connectivity index (χ4v) is 3.23. The zero-order valence-corrected chi connectivity index (χ0v) is 18.2. The van der Waals surface area contributed by atoms with E-state index in [9.17, 15) is 9.90 Å². The fourth-order valence-electron chi connectivity index (χ4n) is 2.88. The van der Waals surface area contributed by atoms with Crippen molar-refractivity contribution in [3.05, 3.63) is 28.2 Å². The first-order valence-corrected chi connectivity index (χ1v) is 10.3. The van der Waals surface area contributed by atoms with Crippen LogP contribution in [0.3, 0.4) is 0 Å². The van der Waals surface area contributed by atoms with E-state index in [2.05, 4.69) is 15.6 Å². The number of halogens is 2. The number of carbonyl (C=O) groups excluding carboxylic acids is 1. The van der Waals surface area contributed by atoms with Crippen molar-refractivity contribution >= 4 is 35.3 Å². The van der Waals surface area contributed by atoms with Gasteiger partial charge in [-0.05, 0) is 31.9 Å². The summed E-state index contributed by atoms with van der Waals surface area (Å²) in [6.07, 6.45) is 0.477. The van der Waals surface area contributed by atoms with E-state index in [0.29, 0.717) is 41.4 Å². The monoisotopic (exact) mass is 446 g/mol. The van der Waals surface area contributed by atoms with Gasteiger partial charge < -0.3 is 30.1 Å². The van der Waals surface area contributed by atoms with E-state index in [1.165, 1.54) is 7.11 Å². The van der Waals surface area contributed by atoms with Gasteiger partial charge >= 0.3 is 6.09 Å². The number of likely N-dealkylation sites (tertiary alicyclic amines) is 1. The van der Waals surface area contributed by atoms with Gasteiger partial charge in [-0.3, -0.25) is 4.99 Å². The van der Waals surface area contributed by atoms with Crippen LogP contribution in [0.15, 0.2) is 23.2 Å². The first-order chi connectivity index (χ1) is 13.9. The van der Waals surface area contributed by atoms with Crippen molar-refractivity contribution in [1.29, 1.82) is 0 Å². The summed E-state index contributed by atoms with van der Waals surface area (Å²) in [4.78, 5) is 17.7. The molecule has 1 amide bonds. The van der Waals surface area contributed by atoms with Crippen molar-refractivity contribution < 1.29 is 19.4 Å². The lowest BCUT2D eigenvalue weighted by Crippen LogP contribution is -2.50. The Morgan fingerprint density at radius 1 is 1.38 bits per heavy atom. The molecule has 1 aliphatic rings. The highest BCUT2D eigenvalue weighted by molar-refractivity contribution is 6.42. The van der Waals surface area contributed by atoms with Gasteiger partial charge in [-0.2, -0.15) is 0 Å². The largest absolute Gasteiger partial charge is 0.489 e. The quantitative estimate of drug-likeness (QED) is 0.439. The molecular formula is C19H28Cl2N4O4. The third-order valence-electron chi connectivity index (χ3n) is 4.42. The van der Waals surface area contributed by atoms with Crippen LogP contribution in [0.2, 0.25) is 10.0 Å². The van der Waals surface area contributed by atoms with Crippen LogP contribution in [-0.2, 0) is 4.74 Å². The van der Waals surface area contributed by atoms with Crippen molar-refractivity contribution in [2.75, 3.05) is 39.9 Å².